The van der Waals surface area contributed by atoms with Gasteiger partial charge in [0.25, 0.3) is 5.91 Å². The number of anilines is 2. The number of para-hydroxylation sites is 1. The third-order valence-electron chi connectivity index (χ3n) is 2.76. The zero-order valence-electron chi connectivity index (χ0n) is 10.3. The molecule has 2 rings (SSSR count). The first-order chi connectivity index (χ1) is 8.99. The van der Waals surface area contributed by atoms with Gasteiger partial charge in [0.2, 0.25) is 0 Å². The minimum atomic E-state index is -0.543. The number of hydrogen-bond donors (Lipinski definition) is 3. The van der Waals surface area contributed by atoms with E-state index in [1.54, 1.807) is 19.1 Å². The molecule has 0 spiro atoms. The molecule has 0 aliphatic carbocycles. The van der Waals surface area contributed by atoms with E-state index in [9.17, 15) is 14.3 Å². The number of carbonyl (C=O) groups is 1. The van der Waals surface area contributed by atoms with Gasteiger partial charge in [-0.05, 0) is 36.8 Å². The maximum Gasteiger partial charge on any atom is 0.259 e. The Bertz CT molecular complexity index is 641. The number of nitrogens with one attached hydrogen (secondary N) is 1. The second kappa shape index (κ2) is 4.97. The van der Waals surface area contributed by atoms with E-state index < -0.39 is 11.7 Å². The van der Waals surface area contributed by atoms with Crippen molar-refractivity contribution in [1.82, 2.24) is 0 Å². The van der Waals surface area contributed by atoms with Crippen LogP contribution in [-0.2, 0) is 0 Å². The fourth-order valence-corrected chi connectivity index (χ4v) is 1.66. The number of phenolic OH excluding ortho intramolecular Hbond substituents is 1. The highest BCUT2D eigenvalue weighted by molar-refractivity contribution is 6.07. The topological polar surface area (TPSA) is 75.4 Å². The van der Waals surface area contributed by atoms with E-state index in [1.807, 2.05) is 0 Å². The van der Waals surface area contributed by atoms with Crippen molar-refractivity contribution < 1.29 is 14.3 Å². The van der Waals surface area contributed by atoms with Gasteiger partial charge in [-0.3, -0.25) is 4.79 Å². The molecule has 0 radical (unpaired) electrons. The molecular formula is C14H13FN2O2. The number of carbonyl (C=O) groups excluding carboxylic acids is 1. The van der Waals surface area contributed by atoms with E-state index in [2.05, 4.69) is 5.32 Å². The largest absolute Gasteiger partial charge is 0.505 e. The van der Waals surface area contributed by atoms with Crippen LogP contribution in [0.15, 0.2) is 36.4 Å². The predicted octanol–water partition coefficient (Wildman–Crippen LogP) is 2.67. The van der Waals surface area contributed by atoms with Crippen LogP contribution in [-0.4, -0.2) is 11.0 Å². The van der Waals surface area contributed by atoms with E-state index in [1.165, 1.54) is 24.3 Å². The number of hydrogen-bond acceptors (Lipinski definition) is 3. The highest BCUT2D eigenvalue weighted by Crippen LogP contribution is 2.26. The fraction of sp³-hybridized carbons (Fsp3) is 0.0714. The fourth-order valence-electron chi connectivity index (χ4n) is 1.66. The van der Waals surface area contributed by atoms with Crippen LogP contribution in [0, 0.1) is 12.7 Å². The van der Waals surface area contributed by atoms with E-state index in [4.69, 9.17) is 5.73 Å². The zero-order chi connectivity index (χ0) is 14.0. The quantitative estimate of drug-likeness (QED) is 0.574. The molecular weight excluding hydrogens is 247 g/mol. The third-order valence-corrected chi connectivity index (χ3v) is 2.76. The molecule has 0 aromatic heterocycles. The molecule has 5 heteroatoms. The van der Waals surface area contributed by atoms with Gasteiger partial charge in [-0.15, -0.1) is 0 Å². The number of nitrogen functional groups attached to an aromatic ring is 1. The molecule has 0 fully saturated rings. The molecule has 0 bridgehead atoms. The van der Waals surface area contributed by atoms with Crippen LogP contribution in [0.2, 0.25) is 0 Å². The maximum absolute atomic E-state index is 13.1. The van der Waals surface area contributed by atoms with Crippen LogP contribution >= 0.6 is 0 Å². The van der Waals surface area contributed by atoms with Gasteiger partial charge in [0, 0.05) is 5.69 Å². The molecule has 4 nitrogen and oxygen atoms in total. The SMILES string of the molecule is Cc1ccc(F)cc1NC(=O)c1cccc(N)c1O. The van der Waals surface area contributed by atoms with Gasteiger partial charge < -0.3 is 16.2 Å². The van der Waals surface area contributed by atoms with Crippen molar-refractivity contribution in [3.63, 3.8) is 0 Å². The molecule has 98 valence electrons. The van der Waals surface area contributed by atoms with Crippen molar-refractivity contribution in [3.05, 3.63) is 53.3 Å². The first-order valence-corrected chi connectivity index (χ1v) is 5.64. The molecule has 2 aromatic carbocycles. The lowest BCUT2D eigenvalue weighted by Crippen LogP contribution is -2.13. The van der Waals surface area contributed by atoms with Crippen LogP contribution in [0.25, 0.3) is 0 Å². The number of rotatable bonds is 2. The molecule has 0 unspecified atom stereocenters. The third kappa shape index (κ3) is 2.65. The van der Waals surface area contributed by atoms with Crippen molar-refractivity contribution in [2.24, 2.45) is 0 Å². The number of aromatic hydroxyl groups is 1. The summed E-state index contributed by atoms with van der Waals surface area (Å²) in [7, 11) is 0. The highest BCUT2D eigenvalue weighted by Gasteiger charge is 2.14. The number of amides is 1. The normalized spacial score (nSPS) is 10.2. The Hall–Kier alpha value is -2.56. The van der Waals surface area contributed by atoms with Crippen LogP contribution in [0.1, 0.15) is 15.9 Å². The summed E-state index contributed by atoms with van der Waals surface area (Å²) in [5.74, 6) is -1.27. The molecule has 19 heavy (non-hydrogen) atoms. The lowest BCUT2D eigenvalue weighted by molar-refractivity contribution is 0.102. The second-order valence-electron chi connectivity index (χ2n) is 4.16. The van der Waals surface area contributed by atoms with Crippen molar-refractivity contribution in [3.8, 4) is 5.75 Å². The highest BCUT2D eigenvalue weighted by atomic mass is 19.1. The predicted molar refractivity (Wildman–Crippen MR) is 71.6 cm³/mol. The Labute approximate surface area is 109 Å². The number of benzene rings is 2. The molecule has 0 aliphatic heterocycles. The van der Waals surface area contributed by atoms with Crippen molar-refractivity contribution >= 4 is 17.3 Å². The molecule has 0 aliphatic rings. The van der Waals surface area contributed by atoms with Crippen LogP contribution < -0.4 is 11.1 Å². The molecule has 2 aromatic rings. The first kappa shape index (κ1) is 12.9. The summed E-state index contributed by atoms with van der Waals surface area (Å²) >= 11 is 0. The summed E-state index contributed by atoms with van der Waals surface area (Å²) in [6.07, 6.45) is 0. The van der Waals surface area contributed by atoms with Crippen molar-refractivity contribution in [2.75, 3.05) is 11.1 Å². The number of aryl methyl sites for hydroxylation is 1. The second-order valence-corrected chi connectivity index (χ2v) is 4.16. The lowest BCUT2D eigenvalue weighted by Gasteiger charge is -2.10. The van der Waals surface area contributed by atoms with Gasteiger partial charge in [0.15, 0.2) is 5.75 Å². The Balaban J connectivity index is 2.31. The lowest BCUT2D eigenvalue weighted by atomic mass is 10.1. The van der Waals surface area contributed by atoms with Gasteiger partial charge in [-0.2, -0.15) is 0 Å². The van der Waals surface area contributed by atoms with E-state index in [0.717, 1.165) is 5.56 Å². The summed E-state index contributed by atoms with van der Waals surface area (Å²) in [6.45, 7) is 1.74. The van der Waals surface area contributed by atoms with Crippen molar-refractivity contribution in [1.29, 1.82) is 0 Å². The smallest absolute Gasteiger partial charge is 0.259 e. The number of nitrogens with two attached hydrogens (primary N) is 1. The van der Waals surface area contributed by atoms with Crippen LogP contribution in [0.3, 0.4) is 0 Å². The van der Waals surface area contributed by atoms with E-state index >= 15 is 0 Å². The number of phenols is 1. The van der Waals surface area contributed by atoms with Crippen molar-refractivity contribution in [2.45, 2.75) is 6.92 Å². The Kier molecular flexibility index (Phi) is 3.37. The molecule has 0 atom stereocenters. The number of halogens is 1. The average Bonchev–Trinajstić information content (AvgIpc) is 2.37. The molecule has 0 saturated carbocycles. The summed E-state index contributed by atoms with van der Waals surface area (Å²) < 4.78 is 13.1. The Morgan fingerprint density at radius 1 is 1.32 bits per heavy atom. The van der Waals surface area contributed by atoms with Gasteiger partial charge >= 0.3 is 0 Å². The summed E-state index contributed by atoms with van der Waals surface area (Å²) in [5.41, 5.74) is 6.75. The Morgan fingerprint density at radius 3 is 2.79 bits per heavy atom. The summed E-state index contributed by atoms with van der Waals surface area (Å²) in [4.78, 5) is 12.0. The monoisotopic (exact) mass is 260 g/mol. The van der Waals surface area contributed by atoms with Gasteiger partial charge in [-0.1, -0.05) is 12.1 Å². The Morgan fingerprint density at radius 2 is 2.05 bits per heavy atom. The van der Waals surface area contributed by atoms with Crippen LogP contribution in [0.5, 0.6) is 5.75 Å². The van der Waals surface area contributed by atoms with Gasteiger partial charge in [0.05, 0.1) is 11.3 Å². The van der Waals surface area contributed by atoms with Gasteiger partial charge in [0.1, 0.15) is 5.82 Å². The average molecular weight is 260 g/mol. The minimum Gasteiger partial charge on any atom is -0.505 e. The first-order valence-electron chi connectivity index (χ1n) is 5.64. The summed E-state index contributed by atoms with van der Waals surface area (Å²) in [6, 6.07) is 8.57. The molecule has 0 heterocycles. The summed E-state index contributed by atoms with van der Waals surface area (Å²) in [5, 5.41) is 12.3. The minimum absolute atomic E-state index is 0.0451. The molecule has 1 amide bonds. The standard InChI is InChI=1S/C14H13FN2O2/c1-8-5-6-9(15)7-12(8)17-14(19)10-3-2-4-11(16)13(10)18/h2-7,18H,16H2,1H3,(H,17,19). The van der Waals surface area contributed by atoms with Crippen LogP contribution in [0.4, 0.5) is 15.8 Å². The van der Waals surface area contributed by atoms with Gasteiger partial charge in [-0.25, -0.2) is 4.39 Å². The van der Waals surface area contributed by atoms with E-state index in [0.29, 0.717) is 5.69 Å². The molecule has 0 saturated heterocycles. The maximum atomic E-state index is 13.1. The van der Waals surface area contributed by atoms with E-state index in [-0.39, 0.29) is 17.0 Å². The zero-order valence-corrected chi connectivity index (χ0v) is 10.3. The molecule has 4 N–H and O–H groups in total.